The maximum atomic E-state index is 5.89. The van der Waals surface area contributed by atoms with Crippen LogP contribution >= 0.6 is 24.0 Å². The van der Waals surface area contributed by atoms with Crippen LogP contribution in [0, 0.1) is 0 Å². The number of benzene rings is 1. The van der Waals surface area contributed by atoms with Crippen LogP contribution in [0.2, 0.25) is 0 Å². The first-order valence-corrected chi connectivity index (χ1v) is 9.82. The molecular weight excluding hydrogens is 473 g/mol. The molecule has 1 fully saturated rings. The molecule has 1 aromatic carbocycles. The van der Waals surface area contributed by atoms with E-state index in [2.05, 4.69) is 15.6 Å². The molecule has 1 aromatic rings. The average Bonchev–Trinajstić information content (AvgIpc) is 2.69. The molecule has 0 spiro atoms. The van der Waals surface area contributed by atoms with Gasteiger partial charge in [-0.25, -0.2) is 0 Å². The molecule has 2 N–H and O–H groups in total. The second-order valence-electron chi connectivity index (χ2n) is 6.22. The maximum absolute atomic E-state index is 5.89. The van der Waals surface area contributed by atoms with Gasteiger partial charge in [0, 0.05) is 44.7 Å². The van der Waals surface area contributed by atoms with Gasteiger partial charge in [0.05, 0.1) is 19.8 Å². The third-order valence-corrected chi connectivity index (χ3v) is 4.16. The summed E-state index contributed by atoms with van der Waals surface area (Å²) in [7, 11) is 1.64. The van der Waals surface area contributed by atoms with Gasteiger partial charge in [-0.05, 0) is 45.2 Å². The zero-order valence-corrected chi connectivity index (χ0v) is 19.5. The van der Waals surface area contributed by atoms with Crippen molar-refractivity contribution in [2.45, 2.75) is 39.2 Å². The van der Waals surface area contributed by atoms with E-state index in [9.17, 15) is 0 Å². The summed E-state index contributed by atoms with van der Waals surface area (Å²) in [5.41, 5.74) is 0.900. The van der Waals surface area contributed by atoms with Crippen LogP contribution in [0.1, 0.15) is 33.1 Å². The van der Waals surface area contributed by atoms with Gasteiger partial charge in [0.15, 0.2) is 17.5 Å². The van der Waals surface area contributed by atoms with Gasteiger partial charge in [0.1, 0.15) is 0 Å². The third kappa shape index (κ3) is 8.83. The third-order valence-electron chi connectivity index (χ3n) is 4.16. The van der Waals surface area contributed by atoms with Crippen LogP contribution in [0.15, 0.2) is 23.2 Å². The normalized spacial score (nSPS) is 14.9. The van der Waals surface area contributed by atoms with E-state index in [0.717, 1.165) is 63.0 Å². The molecule has 0 amide bonds. The lowest BCUT2D eigenvalue weighted by atomic mass is 10.1. The molecule has 1 saturated heterocycles. The summed E-state index contributed by atoms with van der Waals surface area (Å²) in [5, 5.41) is 6.58. The number of nitrogens with one attached hydrogen (secondary N) is 2. The number of aliphatic imine (C=N–C) groups is 1. The summed E-state index contributed by atoms with van der Waals surface area (Å²) < 4.78 is 22.2. The fourth-order valence-electron chi connectivity index (χ4n) is 2.81. The molecule has 0 unspecified atom stereocenters. The van der Waals surface area contributed by atoms with E-state index in [-0.39, 0.29) is 24.0 Å². The lowest BCUT2D eigenvalue weighted by Crippen LogP contribution is -2.31. The minimum atomic E-state index is 0. The van der Waals surface area contributed by atoms with Crippen LogP contribution in [0.3, 0.4) is 0 Å². The van der Waals surface area contributed by atoms with Crippen molar-refractivity contribution in [2.75, 3.05) is 51.9 Å². The van der Waals surface area contributed by atoms with Crippen LogP contribution in [-0.4, -0.2) is 58.7 Å². The summed E-state index contributed by atoms with van der Waals surface area (Å²) in [6, 6.07) is 5.75. The Bertz CT molecular complexity index is 581. The van der Waals surface area contributed by atoms with E-state index >= 15 is 0 Å². The molecule has 0 aromatic heterocycles. The first kappa shape index (κ1) is 24.8. The van der Waals surface area contributed by atoms with E-state index in [1.165, 1.54) is 0 Å². The molecule has 7 nitrogen and oxygen atoms in total. The highest BCUT2D eigenvalue weighted by Crippen LogP contribution is 2.30. The second-order valence-corrected chi connectivity index (χ2v) is 6.22. The first-order valence-electron chi connectivity index (χ1n) is 9.82. The molecule has 0 aliphatic carbocycles. The van der Waals surface area contributed by atoms with Crippen molar-refractivity contribution in [3.63, 3.8) is 0 Å². The predicted octanol–water partition coefficient (Wildman–Crippen LogP) is 3.68. The van der Waals surface area contributed by atoms with Crippen molar-refractivity contribution in [3.8, 4) is 11.5 Å². The molecule has 0 atom stereocenters. The number of rotatable bonds is 10. The van der Waals surface area contributed by atoms with E-state index in [1.54, 1.807) is 7.11 Å². The van der Waals surface area contributed by atoms with E-state index in [0.29, 0.717) is 25.0 Å². The van der Waals surface area contributed by atoms with Gasteiger partial charge in [-0.1, -0.05) is 0 Å². The first-order chi connectivity index (χ1) is 13.3. The van der Waals surface area contributed by atoms with Crippen LogP contribution in [0.25, 0.3) is 0 Å². The summed E-state index contributed by atoms with van der Waals surface area (Å²) >= 11 is 0. The van der Waals surface area contributed by atoms with Gasteiger partial charge in [0.25, 0.3) is 0 Å². The Labute approximate surface area is 185 Å². The van der Waals surface area contributed by atoms with E-state index < -0.39 is 0 Å². The lowest BCUT2D eigenvalue weighted by molar-refractivity contribution is -0.0318. The number of halogens is 1. The summed E-state index contributed by atoms with van der Waals surface area (Å²) in [6.45, 7) is 8.42. The predicted molar refractivity (Wildman–Crippen MR) is 124 cm³/mol. The van der Waals surface area contributed by atoms with Crippen LogP contribution in [0.4, 0.5) is 5.69 Å². The van der Waals surface area contributed by atoms with E-state index in [1.807, 2.05) is 32.0 Å². The number of anilines is 1. The highest BCUT2D eigenvalue weighted by Gasteiger charge is 2.13. The van der Waals surface area contributed by atoms with Crippen LogP contribution in [-0.2, 0) is 9.47 Å². The van der Waals surface area contributed by atoms with Gasteiger partial charge in [-0.3, -0.25) is 4.99 Å². The zero-order valence-electron chi connectivity index (χ0n) is 17.2. The van der Waals surface area contributed by atoms with Gasteiger partial charge >= 0.3 is 0 Å². The maximum Gasteiger partial charge on any atom is 0.195 e. The highest BCUT2D eigenvalue weighted by atomic mass is 127. The quantitative estimate of drug-likeness (QED) is 0.218. The van der Waals surface area contributed by atoms with Crippen molar-refractivity contribution in [1.29, 1.82) is 0 Å². The van der Waals surface area contributed by atoms with Crippen LogP contribution in [0.5, 0.6) is 11.5 Å². The van der Waals surface area contributed by atoms with Gasteiger partial charge in [-0.15, -0.1) is 24.0 Å². The largest absolute Gasteiger partial charge is 0.493 e. The highest BCUT2D eigenvalue weighted by molar-refractivity contribution is 14.0. The molecule has 1 heterocycles. The minimum Gasteiger partial charge on any atom is -0.493 e. The molecule has 1 aliphatic heterocycles. The topological polar surface area (TPSA) is 73.3 Å². The lowest BCUT2D eigenvalue weighted by Gasteiger charge is -2.22. The monoisotopic (exact) mass is 507 g/mol. The number of nitrogens with zero attached hydrogens (tertiary/aromatic N) is 1. The average molecular weight is 507 g/mol. The molecule has 0 saturated carbocycles. The van der Waals surface area contributed by atoms with Gasteiger partial charge in [0.2, 0.25) is 0 Å². The molecule has 2 rings (SSSR count). The molecule has 1 aliphatic rings. The molecule has 8 heteroatoms. The van der Waals surface area contributed by atoms with Gasteiger partial charge in [-0.2, -0.15) is 0 Å². The minimum absolute atomic E-state index is 0. The molecule has 28 heavy (non-hydrogen) atoms. The van der Waals surface area contributed by atoms with Crippen LogP contribution < -0.4 is 20.1 Å². The Morgan fingerprint density at radius 2 is 2.00 bits per heavy atom. The number of hydrogen-bond acceptors (Lipinski definition) is 5. The smallest absolute Gasteiger partial charge is 0.195 e. The van der Waals surface area contributed by atoms with Crippen molar-refractivity contribution in [1.82, 2.24) is 5.32 Å². The number of methoxy groups -OCH3 is 1. The standard InChI is InChI=1S/C20H33N3O4.HI/c1-4-21-20(22-11-6-12-27-17-9-13-25-14-10-17)23-16-7-8-18(24-3)19(15-16)26-5-2;/h7-8,15,17H,4-6,9-14H2,1-3H3,(H2,21,22,23);1H. The van der Waals surface area contributed by atoms with Crippen molar-refractivity contribution in [2.24, 2.45) is 4.99 Å². The summed E-state index contributed by atoms with van der Waals surface area (Å²) in [6.07, 6.45) is 3.21. The number of hydrogen-bond donors (Lipinski definition) is 2. The van der Waals surface area contributed by atoms with Crippen molar-refractivity contribution >= 4 is 35.6 Å². The molecule has 0 bridgehead atoms. The Morgan fingerprint density at radius 1 is 1.21 bits per heavy atom. The zero-order chi connectivity index (χ0) is 19.3. The van der Waals surface area contributed by atoms with Gasteiger partial charge < -0.3 is 29.6 Å². The Hall–Kier alpha value is -1.26. The second kappa shape index (κ2) is 14.7. The van der Waals surface area contributed by atoms with E-state index in [4.69, 9.17) is 18.9 Å². The number of guanidine groups is 1. The summed E-state index contributed by atoms with van der Waals surface area (Å²) in [4.78, 5) is 4.63. The molecule has 160 valence electrons. The fourth-order valence-corrected chi connectivity index (χ4v) is 2.81. The molecular formula is C20H34IN3O4. The van der Waals surface area contributed by atoms with Crippen molar-refractivity contribution < 1.29 is 18.9 Å². The number of ether oxygens (including phenoxy) is 4. The SMILES string of the molecule is CCNC(=NCCCOC1CCOCC1)Nc1ccc(OC)c(OCC)c1.I. The summed E-state index contributed by atoms with van der Waals surface area (Å²) in [5.74, 6) is 2.18. The Morgan fingerprint density at radius 3 is 2.68 bits per heavy atom. The van der Waals surface area contributed by atoms with Crippen molar-refractivity contribution in [3.05, 3.63) is 18.2 Å². The fraction of sp³-hybridized carbons (Fsp3) is 0.650. The Kier molecular flexibility index (Phi) is 13.0. The Balaban J connectivity index is 0.00000392. The molecule has 0 radical (unpaired) electrons.